The average molecular weight is 373 g/mol. The lowest BCUT2D eigenvalue weighted by Gasteiger charge is -2.39. The van der Waals surface area contributed by atoms with E-state index in [-0.39, 0.29) is 25.0 Å². The number of carbonyl (C=O) groups is 3. The predicted molar refractivity (Wildman–Crippen MR) is 98.2 cm³/mol. The fourth-order valence-electron chi connectivity index (χ4n) is 2.81. The van der Waals surface area contributed by atoms with Gasteiger partial charge < -0.3 is 19.9 Å². The monoisotopic (exact) mass is 373 g/mol. The highest BCUT2D eigenvalue weighted by atomic mass is 32.1. The third-order valence-corrected chi connectivity index (χ3v) is 5.02. The second-order valence-electron chi connectivity index (χ2n) is 5.76. The van der Waals surface area contributed by atoms with Gasteiger partial charge in [-0.05, 0) is 23.6 Å². The molecule has 2 aromatic rings. The van der Waals surface area contributed by atoms with Crippen LogP contribution in [0.25, 0.3) is 0 Å². The minimum absolute atomic E-state index is 0.0858. The third-order valence-electron chi connectivity index (χ3n) is 4.16. The predicted octanol–water partition coefficient (Wildman–Crippen LogP) is 2.28. The first-order valence-electron chi connectivity index (χ1n) is 8.13. The number of urea groups is 1. The molecule has 1 atom stereocenters. The van der Waals surface area contributed by atoms with Crippen molar-refractivity contribution in [3.8, 4) is 0 Å². The van der Waals surface area contributed by atoms with E-state index in [2.05, 4.69) is 5.32 Å². The maximum absolute atomic E-state index is 12.7. The van der Waals surface area contributed by atoms with E-state index in [4.69, 9.17) is 4.74 Å². The molecule has 8 heteroatoms. The minimum atomic E-state index is -0.829. The third kappa shape index (κ3) is 3.85. The lowest BCUT2D eigenvalue weighted by atomic mass is 10.1. The van der Waals surface area contributed by atoms with Gasteiger partial charge in [0, 0.05) is 18.8 Å². The van der Waals surface area contributed by atoms with Crippen LogP contribution in [0.2, 0.25) is 0 Å². The van der Waals surface area contributed by atoms with Crippen molar-refractivity contribution in [2.45, 2.75) is 6.04 Å². The zero-order chi connectivity index (χ0) is 18.5. The van der Waals surface area contributed by atoms with Gasteiger partial charge in [-0.3, -0.25) is 4.79 Å². The molecule has 1 N–H and O–H groups in total. The number of thiophene rings is 1. The Kier molecular flexibility index (Phi) is 5.52. The number of carbonyl (C=O) groups excluding carboxylic acids is 3. The van der Waals surface area contributed by atoms with Gasteiger partial charge in [0.05, 0.1) is 18.5 Å². The van der Waals surface area contributed by atoms with Crippen molar-refractivity contribution in [3.05, 3.63) is 52.7 Å². The van der Waals surface area contributed by atoms with Crippen molar-refractivity contribution in [1.29, 1.82) is 0 Å². The van der Waals surface area contributed by atoms with Crippen molar-refractivity contribution in [3.63, 3.8) is 0 Å². The molecule has 1 fully saturated rings. The fourth-order valence-corrected chi connectivity index (χ4v) is 3.49. The largest absolute Gasteiger partial charge is 0.467 e. The molecule has 136 valence electrons. The van der Waals surface area contributed by atoms with Gasteiger partial charge >= 0.3 is 12.0 Å². The Bertz CT molecular complexity index is 779. The first-order valence-corrected chi connectivity index (χ1v) is 9.01. The van der Waals surface area contributed by atoms with E-state index in [0.29, 0.717) is 17.1 Å². The maximum atomic E-state index is 12.7. The van der Waals surface area contributed by atoms with E-state index in [9.17, 15) is 14.4 Å². The average Bonchev–Trinajstić information content (AvgIpc) is 3.22. The van der Waals surface area contributed by atoms with Crippen LogP contribution >= 0.6 is 11.3 Å². The molecule has 1 aliphatic rings. The molecule has 0 spiro atoms. The van der Waals surface area contributed by atoms with Gasteiger partial charge in [0.1, 0.15) is 6.04 Å². The molecule has 7 nitrogen and oxygen atoms in total. The van der Waals surface area contributed by atoms with Crippen LogP contribution < -0.4 is 5.32 Å². The fraction of sp³-hybridized carbons (Fsp3) is 0.278. The highest BCUT2D eigenvalue weighted by Crippen LogP contribution is 2.19. The van der Waals surface area contributed by atoms with Crippen LogP contribution in [-0.2, 0) is 9.53 Å². The van der Waals surface area contributed by atoms with Gasteiger partial charge in [0.15, 0.2) is 0 Å². The lowest BCUT2D eigenvalue weighted by Crippen LogP contribution is -2.60. The van der Waals surface area contributed by atoms with Crippen molar-refractivity contribution >= 4 is 34.9 Å². The van der Waals surface area contributed by atoms with Gasteiger partial charge in [-0.15, -0.1) is 11.3 Å². The van der Waals surface area contributed by atoms with Crippen molar-refractivity contribution in [2.24, 2.45) is 0 Å². The van der Waals surface area contributed by atoms with Crippen LogP contribution in [0.3, 0.4) is 0 Å². The van der Waals surface area contributed by atoms with Crippen LogP contribution in [0, 0.1) is 0 Å². The highest BCUT2D eigenvalue weighted by Gasteiger charge is 2.38. The Balaban J connectivity index is 1.72. The molecule has 3 rings (SSSR count). The van der Waals surface area contributed by atoms with Gasteiger partial charge in [0.2, 0.25) is 0 Å². The summed E-state index contributed by atoms with van der Waals surface area (Å²) >= 11 is 1.32. The number of nitrogens with zero attached hydrogens (tertiary/aromatic N) is 2. The number of rotatable bonds is 3. The van der Waals surface area contributed by atoms with Crippen LogP contribution in [-0.4, -0.2) is 60.5 Å². The van der Waals surface area contributed by atoms with E-state index in [1.54, 1.807) is 24.3 Å². The SMILES string of the molecule is COC(=O)[C@H]1CN(C(=O)Nc2ccccc2)CCN1C(=O)c1cccs1. The summed E-state index contributed by atoms with van der Waals surface area (Å²) in [5.41, 5.74) is 0.671. The standard InChI is InChI=1S/C18H19N3O4S/c1-25-17(23)14-12-20(18(24)19-13-6-3-2-4-7-13)9-10-21(14)16(22)15-8-5-11-26-15/h2-8,11,14H,9-10,12H2,1H3,(H,19,24)/t14-/m1/s1. The summed E-state index contributed by atoms with van der Waals surface area (Å²) in [6.45, 7) is 0.685. The molecule has 3 amide bonds. The number of methoxy groups -OCH3 is 1. The number of anilines is 1. The lowest BCUT2D eigenvalue weighted by molar-refractivity contribution is -0.147. The Hall–Kier alpha value is -2.87. The molecule has 26 heavy (non-hydrogen) atoms. The quantitative estimate of drug-likeness (QED) is 0.837. The second-order valence-corrected chi connectivity index (χ2v) is 6.70. The normalized spacial score (nSPS) is 16.9. The number of piperazine rings is 1. The number of amides is 3. The number of hydrogen-bond acceptors (Lipinski definition) is 5. The molecule has 0 aliphatic carbocycles. The zero-order valence-corrected chi connectivity index (χ0v) is 15.1. The zero-order valence-electron chi connectivity index (χ0n) is 14.3. The van der Waals surface area contributed by atoms with E-state index in [0.717, 1.165) is 0 Å². The van der Waals surface area contributed by atoms with Gasteiger partial charge in [0.25, 0.3) is 5.91 Å². The summed E-state index contributed by atoms with van der Waals surface area (Å²) in [5, 5.41) is 4.60. The molecule has 1 aliphatic heterocycles. The molecule has 0 unspecified atom stereocenters. The highest BCUT2D eigenvalue weighted by molar-refractivity contribution is 7.12. The topological polar surface area (TPSA) is 79.0 Å². The number of para-hydroxylation sites is 1. The molecule has 2 heterocycles. The molecule has 0 saturated carbocycles. The molecule has 1 aromatic heterocycles. The van der Waals surface area contributed by atoms with Crippen LogP contribution in [0.4, 0.5) is 10.5 Å². The summed E-state index contributed by atoms with van der Waals surface area (Å²) in [4.78, 5) is 40.9. The number of esters is 1. The molecule has 1 saturated heterocycles. The molecule has 0 bridgehead atoms. The summed E-state index contributed by atoms with van der Waals surface area (Å²) < 4.78 is 4.85. The first kappa shape index (κ1) is 17.9. The van der Waals surface area contributed by atoms with E-state index in [1.807, 2.05) is 23.6 Å². The van der Waals surface area contributed by atoms with E-state index < -0.39 is 12.0 Å². The van der Waals surface area contributed by atoms with Crippen LogP contribution in [0.5, 0.6) is 0 Å². The van der Waals surface area contributed by atoms with Crippen molar-refractivity contribution < 1.29 is 19.1 Å². The van der Waals surface area contributed by atoms with E-state index >= 15 is 0 Å². The smallest absolute Gasteiger partial charge is 0.330 e. The number of ether oxygens (including phenoxy) is 1. The first-order chi connectivity index (χ1) is 12.6. The van der Waals surface area contributed by atoms with Crippen LogP contribution in [0.1, 0.15) is 9.67 Å². The summed E-state index contributed by atoms with van der Waals surface area (Å²) in [7, 11) is 1.28. The van der Waals surface area contributed by atoms with Crippen LogP contribution in [0.15, 0.2) is 47.8 Å². The van der Waals surface area contributed by atoms with Gasteiger partial charge in [-0.1, -0.05) is 24.3 Å². The van der Waals surface area contributed by atoms with Gasteiger partial charge in [-0.2, -0.15) is 0 Å². The van der Waals surface area contributed by atoms with Crippen molar-refractivity contribution in [2.75, 3.05) is 32.1 Å². The molecule has 0 radical (unpaired) electrons. The maximum Gasteiger partial charge on any atom is 0.330 e. The van der Waals surface area contributed by atoms with E-state index in [1.165, 1.54) is 28.2 Å². The molecular formula is C18H19N3O4S. The number of nitrogens with one attached hydrogen (secondary N) is 1. The number of hydrogen-bond donors (Lipinski definition) is 1. The summed E-state index contributed by atoms with van der Waals surface area (Å²) in [6, 6.07) is 11.4. The Morgan fingerprint density at radius 1 is 1.12 bits per heavy atom. The Morgan fingerprint density at radius 2 is 1.88 bits per heavy atom. The van der Waals surface area contributed by atoms with Crippen molar-refractivity contribution in [1.82, 2.24) is 9.80 Å². The Labute approximate surface area is 155 Å². The minimum Gasteiger partial charge on any atom is -0.467 e. The summed E-state index contributed by atoms with van der Waals surface area (Å²) in [5.74, 6) is -0.759. The molecule has 1 aromatic carbocycles. The molecular weight excluding hydrogens is 354 g/mol. The summed E-state index contributed by atoms with van der Waals surface area (Å²) in [6.07, 6.45) is 0. The Morgan fingerprint density at radius 3 is 2.54 bits per heavy atom. The number of benzene rings is 1. The van der Waals surface area contributed by atoms with Gasteiger partial charge in [-0.25, -0.2) is 9.59 Å². The second kappa shape index (κ2) is 8.01.